The van der Waals surface area contributed by atoms with Crippen molar-refractivity contribution in [2.24, 2.45) is 10.2 Å². The van der Waals surface area contributed by atoms with Crippen molar-refractivity contribution in [3.05, 3.63) is 78.1 Å². The highest BCUT2D eigenvalue weighted by atomic mass is 32.2. The molecule has 0 bridgehead atoms. The van der Waals surface area contributed by atoms with Gasteiger partial charge in [-0.15, -0.1) is 22.0 Å². The summed E-state index contributed by atoms with van der Waals surface area (Å²) in [4.78, 5) is 5.38. The van der Waals surface area contributed by atoms with E-state index in [1.54, 1.807) is 24.0 Å². The molecule has 5 heteroatoms. The minimum atomic E-state index is -0.0194. The third kappa shape index (κ3) is 5.17. The molecule has 138 valence electrons. The second kappa shape index (κ2) is 8.35. The molecule has 0 saturated heterocycles. The van der Waals surface area contributed by atoms with Gasteiger partial charge in [-0.3, -0.25) is 4.98 Å². The Morgan fingerprint density at radius 2 is 1.67 bits per heavy atom. The number of phenolic OH excluding ortho intramolecular Hbond substituents is 1. The molecule has 0 aliphatic carbocycles. The Kier molecular flexibility index (Phi) is 5.91. The van der Waals surface area contributed by atoms with E-state index in [0.29, 0.717) is 5.69 Å². The zero-order chi connectivity index (χ0) is 19.3. The molecular weight excluding hydrogens is 354 g/mol. The Morgan fingerprint density at radius 3 is 2.41 bits per heavy atom. The number of rotatable bonds is 5. The molecule has 0 radical (unpaired) electrons. The van der Waals surface area contributed by atoms with E-state index in [1.165, 1.54) is 0 Å². The molecule has 1 aromatic heterocycles. The van der Waals surface area contributed by atoms with E-state index in [4.69, 9.17) is 0 Å². The molecule has 0 fully saturated rings. The standard InChI is InChI=1S/C22H23N3OS/c1-22(2,3)16-11-12-20(26)19(14-16)25-24-18-9-4-5-10-21(18)27-15-17-8-6-7-13-23-17/h4-14,26H,15H2,1-3H3. The fourth-order valence-corrected chi connectivity index (χ4v) is 3.38. The summed E-state index contributed by atoms with van der Waals surface area (Å²) in [7, 11) is 0. The van der Waals surface area contributed by atoms with Gasteiger partial charge in [0.05, 0.1) is 11.4 Å². The molecule has 27 heavy (non-hydrogen) atoms. The second-order valence-electron chi connectivity index (χ2n) is 7.23. The number of benzene rings is 2. The van der Waals surface area contributed by atoms with Crippen molar-refractivity contribution in [2.75, 3.05) is 0 Å². The summed E-state index contributed by atoms with van der Waals surface area (Å²) in [5.74, 6) is 0.892. The molecule has 3 rings (SSSR count). The van der Waals surface area contributed by atoms with E-state index >= 15 is 0 Å². The summed E-state index contributed by atoms with van der Waals surface area (Å²) >= 11 is 1.67. The lowest BCUT2D eigenvalue weighted by molar-refractivity contribution is 0.475. The molecule has 0 aliphatic rings. The Labute approximate surface area is 164 Å². The summed E-state index contributed by atoms with van der Waals surface area (Å²) in [6, 6.07) is 19.3. The van der Waals surface area contributed by atoms with Gasteiger partial charge >= 0.3 is 0 Å². The number of nitrogens with zero attached hydrogens (tertiary/aromatic N) is 3. The van der Waals surface area contributed by atoms with E-state index < -0.39 is 0 Å². The first-order valence-electron chi connectivity index (χ1n) is 8.80. The Balaban J connectivity index is 1.82. The van der Waals surface area contributed by atoms with E-state index in [2.05, 4.69) is 36.0 Å². The first-order chi connectivity index (χ1) is 12.9. The quantitative estimate of drug-likeness (QED) is 0.393. The molecule has 1 heterocycles. The van der Waals surface area contributed by atoms with Crippen LogP contribution in [-0.4, -0.2) is 10.1 Å². The molecule has 3 aromatic rings. The average molecular weight is 378 g/mol. The van der Waals surface area contributed by atoms with Crippen LogP contribution in [0.4, 0.5) is 11.4 Å². The van der Waals surface area contributed by atoms with Gasteiger partial charge < -0.3 is 5.11 Å². The van der Waals surface area contributed by atoms with Crippen molar-refractivity contribution >= 4 is 23.1 Å². The maximum Gasteiger partial charge on any atom is 0.143 e. The molecule has 0 atom stereocenters. The zero-order valence-corrected chi connectivity index (χ0v) is 16.6. The smallest absolute Gasteiger partial charge is 0.143 e. The Bertz CT molecular complexity index is 934. The van der Waals surface area contributed by atoms with E-state index in [-0.39, 0.29) is 11.2 Å². The first-order valence-corrected chi connectivity index (χ1v) is 9.79. The Hall–Kier alpha value is -2.66. The highest BCUT2D eigenvalue weighted by molar-refractivity contribution is 7.98. The third-order valence-electron chi connectivity index (χ3n) is 4.07. The molecular formula is C22H23N3OS. The van der Waals surface area contributed by atoms with Gasteiger partial charge in [0.2, 0.25) is 0 Å². The predicted octanol–water partition coefficient (Wildman–Crippen LogP) is 6.79. The number of pyridine rings is 1. The minimum absolute atomic E-state index is 0.0194. The second-order valence-corrected chi connectivity index (χ2v) is 8.25. The van der Waals surface area contributed by atoms with Gasteiger partial charge in [-0.05, 0) is 47.4 Å². The lowest BCUT2D eigenvalue weighted by Gasteiger charge is -2.19. The highest BCUT2D eigenvalue weighted by Gasteiger charge is 2.15. The molecule has 0 unspecified atom stereocenters. The van der Waals surface area contributed by atoms with Crippen molar-refractivity contribution in [2.45, 2.75) is 36.8 Å². The van der Waals surface area contributed by atoms with Crippen LogP contribution in [0.2, 0.25) is 0 Å². The number of azo groups is 1. The van der Waals surface area contributed by atoms with Crippen LogP contribution in [-0.2, 0) is 11.2 Å². The van der Waals surface area contributed by atoms with Gasteiger partial charge in [-0.2, -0.15) is 0 Å². The number of thioether (sulfide) groups is 1. The molecule has 1 N–H and O–H groups in total. The van der Waals surface area contributed by atoms with E-state index in [0.717, 1.165) is 27.6 Å². The van der Waals surface area contributed by atoms with Crippen LogP contribution in [0.1, 0.15) is 32.0 Å². The van der Waals surface area contributed by atoms with Gasteiger partial charge in [0, 0.05) is 16.8 Å². The number of aromatic hydroxyl groups is 1. The average Bonchev–Trinajstić information content (AvgIpc) is 2.66. The summed E-state index contributed by atoms with van der Waals surface area (Å²) in [5.41, 5.74) is 3.36. The highest BCUT2D eigenvalue weighted by Crippen LogP contribution is 2.36. The summed E-state index contributed by atoms with van der Waals surface area (Å²) in [6.45, 7) is 6.39. The molecule has 2 aromatic carbocycles. The summed E-state index contributed by atoms with van der Waals surface area (Å²) in [6.07, 6.45) is 1.80. The number of hydrogen-bond donors (Lipinski definition) is 1. The number of aromatic nitrogens is 1. The predicted molar refractivity (Wildman–Crippen MR) is 111 cm³/mol. The van der Waals surface area contributed by atoms with Crippen LogP contribution in [0.3, 0.4) is 0 Å². The summed E-state index contributed by atoms with van der Waals surface area (Å²) in [5, 5.41) is 18.8. The van der Waals surface area contributed by atoms with Crippen LogP contribution in [0, 0.1) is 0 Å². The van der Waals surface area contributed by atoms with Crippen molar-refractivity contribution in [1.29, 1.82) is 0 Å². The SMILES string of the molecule is CC(C)(C)c1ccc(O)c(N=Nc2ccccc2SCc2ccccn2)c1. The lowest BCUT2D eigenvalue weighted by Crippen LogP contribution is -2.10. The molecule has 0 aliphatic heterocycles. The molecule has 0 amide bonds. The maximum atomic E-state index is 10.1. The first kappa shape index (κ1) is 19.1. The van der Waals surface area contributed by atoms with E-state index in [9.17, 15) is 5.11 Å². The topological polar surface area (TPSA) is 57.8 Å². The largest absolute Gasteiger partial charge is 0.506 e. The minimum Gasteiger partial charge on any atom is -0.506 e. The molecule has 4 nitrogen and oxygen atoms in total. The zero-order valence-electron chi connectivity index (χ0n) is 15.8. The third-order valence-corrected chi connectivity index (χ3v) is 5.17. The summed E-state index contributed by atoms with van der Waals surface area (Å²) < 4.78 is 0. The van der Waals surface area contributed by atoms with Crippen LogP contribution >= 0.6 is 11.8 Å². The lowest BCUT2D eigenvalue weighted by atomic mass is 9.87. The molecule has 0 spiro atoms. The monoisotopic (exact) mass is 377 g/mol. The van der Waals surface area contributed by atoms with Crippen LogP contribution < -0.4 is 0 Å². The van der Waals surface area contributed by atoms with Gasteiger partial charge in [-0.25, -0.2) is 0 Å². The van der Waals surface area contributed by atoms with E-state index in [1.807, 2.05) is 54.6 Å². The number of hydrogen-bond acceptors (Lipinski definition) is 5. The Morgan fingerprint density at radius 1 is 0.926 bits per heavy atom. The van der Waals surface area contributed by atoms with Crippen LogP contribution in [0.15, 0.2) is 82.0 Å². The van der Waals surface area contributed by atoms with Gasteiger partial charge in [0.15, 0.2) is 0 Å². The van der Waals surface area contributed by atoms with Gasteiger partial charge in [0.25, 0.3) is 0 Å². The van der Waals surface area contributed by atoms with Crippen molar-refractivity contribution < 1.29 is 5.11 Å². The van der Waals surface area contributed by atoms with Crippen molar-refractivity contribution in [1.82, 2.24) is 4.98 Å². The fourth-order valence-electron chi connectivity index (χ4n) is 2.47. The van der Waals surface area contributed by atoms with Crippen LogP contribution in [0.5, 0.6) is 5.75 Å². The number of phenols is 1. The van der Waals surface area contributed by atoms with Crippen molar-refractivity contribution in [3.8, 4) is 5.75 Å². The van der Waals surface area contributed by atoms with Crippen LogP contribution in [0.25, 0.3) is 0 Å². The maximum absolute atomic E-state index is 10.1. The molecule has 0 saturated carbocycles. The van der Waals surface area contributed by atoms with Crippen molar-refractivity contribution in [3.63, 3.8) is 0 Å². The van der Waals surface area contributed by atoms with Gasteiger partial charge in [-0.1, -0.05) is 45.0 Å². The fraction of sp³-hybridized carbons (Fsp3) is 0.227. The van der Waals surface area contributed by atoms with Gasteiger partial charge in [0.1, 0.15) is 11.4 Å². The normalized spacial score (nSPS) is 11.8.